The maximum absolute atomic E-state index is 12.3. The molecule has 2 nitrogen and oxygen atoms in total. The standard InChI is InChI=1S/C13H9F3O2/c1-8-2-7-11(18-8)12(17)9-3-5-10(6-4-9)13(14,15)16/h2-7H,1H3. The summed E-state index contributed by atoms with van der Waals surface area (Å²) < 4.78 is 42.2. The van der Waals surface area contributed by atoms with E-state index in [1.54, 1.807) is 13.0 Å². The van der Waals surface area contributed by atoms with Gasteiger partial charge < -0.3 is 4.42 Å². The van der Waals surface area contributed by atoms with Crippen LogP contribution in [0.5, 0.6) is 0 Å². The monoisotopic (exact) mass is 254 g/mol. The molecule has 0 atom stereocenters. The second-order valence-corrected chi connectivity index (χ2v) is 3.81. The highest BCUT2D eigenvalue weighted by Crippen LogP contribution is 2.29. The van der Waals surface area contributed by atoms with E-state index in [2.05, 4.69) is 0 Å². The summed E-state index contributed by atoms with van der Waals surface area (Å²) in [4.78, 5) is 11.8. The van der Waals surface area contributed by atoms with Crippen LogP contribution in [0.4, 0.5) is 13.2 Å². The minimum absolute atomic E-state index is 0.118. The first-order valence-electron chi connectivity index (χ1n) is 5.16. The Morgan fingerprint density at radius 2 is 1.67 bits per heavy atom. The van der Waals surface area contributed by atoms with Crippen LogP contribution in [0.15, 0.2) is 40.8 Å². The van der Waals surface area contributed by atoms with Crippen LogP contribution in [-0.4, -0.2) is 5.78 Å². The summed E-state index contributed by atoms with van der Waals surface area (Å²) in [6.45, 7) is 1.68. The van der Waals surface area contributed by atoms with Gasteiger partial charge in [-0.1, -0.05) is 12.1 Å². The predicted octanol–water partition coefficient (Wildman–Crippen LogP) is 3.84. The molecule has 1 aromatic heterocycles. The van der Waals surface area contributed by atoms with Crippen molar-refractivity contribution < 1.29 is 22.4 Å². The first-order valence-corrected chi connectivity index (χ1v) is 5.16. The molecule has 1 aromatic carbocycles. The van der Waals surface area contributed by atoms with E-state index in [1.165, 1.54) is 6.07 Å². The number of carbonyl (C=O) groups is 1. The molecule has 0 amide bonds. The highest BCUT2D eigenvalue weighted by atomic mass is 19.4. The highest BCUT2D eigenvalue weighted by Gasteiger charge is 2.30. The summed E-state index contributed by atoms with van der Waals surface area (Å²) in [5.41, 5.74) is -0.618. The van der Waals surface area contributed by atoms with Crippen molar-refractivity contribution in [1.29, 1.82) is 0 Å². The van der Waals surface area contributed by atoms with Crippen LogP contribution < -0.4 is 0 Å². The van der Waals surface area contributed by atoms with Gasteiger partial charge in [0.1, 0.15) is 5.76 Å². The molecule has 18 heavy (non-hydrogen) atoms. The second-order valence-electron chi connectivity index (χ2n) is 3.81. The van der Waals surface area contributed by atoms with E-state index in [1.807, 2.05) is 0 Å². The van der Waals surface area contributed by atoms with Gasteiger partial charge in [0.05, 0.1) is 5.56 Å². The molecule has 1 heterocycles. The topological polar surface area (TPSA) is 30.2 Å². The fourth-order valence-electron chi connectivity index (χ4n) is 1.51. The molecule has 0 N–H and O–H groups in total. The average molecular weight is 254 g/mol. The van der Waals surface area contributed by atoms with Gasteiger partial charge in [-0.25, -0.2) is 0 Å². The molecular weight excluding hydrogens is 245 g/mol. The van der Waals surface area contributed by atoms with Crippen LogP contribution in [0.25, 0.3) is 0 Å². The Kier molecular flexibility index (Phi) is 2.98. The van der Waals surface area contributed by atoms with Crippen LogP contribution in [0.2, 0.25) is 0 Å². The maximum atomic E-state index is 12.3. The van der Waals surface area contributed by atoms with E-state index >= 15 is 0 Å². The molecule has 94 valence electrons. The van der Waals surface area contributed by atoms with Gasteiger partial charge in [0, 0.05) is 5.56 Å². The number of alkyl halides is 3. The summed E-state index contributed by atoms with van der Waals surface area (Å²) in [5, 5.41) is 0. The zero-order valence-electron chi connectivity index (χ0n) is 9.41. The van der Waals surface area contributed by atoms with E-state index in [-0.39, 0.29) is 11.3 Å². The third-order valence-corrected chi connectivity index (χ3v) is 2.44. The van der Waals surface area contributed by atoms with Crippen molar-refractivity contribution in [2.45, 2.75) is 13.1 Å². The molecule has 0 bridgehead atoms. The zero-order chi connectivity index (χ0) is 13.3. The molecule has 5 heteroatoms. The van der Waals surface area contributed by atoms with Crippen LogP contribution in [0.3, 0.4) is 0 Å². The minimum Gasteiger partial charge on any atom is -0.458 e. The van der Waals surface area contributed by atoms with Crippen LogP contribution in [0.1, 0.15) is 27.4 Å². The van der Waals surface area contributed by atoms with Crippen molar-refractivity contribution in [3.8, 4) is 0 Å². The van der Waals surface area contributed by atoms with Crippen LogP contribution in [0, 0.1) is 6.92 Å². The van der Waals surface area contributed by atoms with Crippen LogP contribution in [-0.2, 0) is 6.18 Å². The average Bonchev–Trinajstić information content (AvgIpc) is 2.74. The molecule has 0 fully saturated rings. The summed E-state index contributed by atoms with van der Waals surface area (Å²) in [6.07, 6.45) is -4.40. The molecule has 0 aliphatic heterocycles. The van der Waals surface area contributed by atoms with E-state index < -0.39 is 17.5 Å². The van der Waals surface area contributed by atoms with Gasteiger partial charge in [0.25, 0.3) is 0 Å². The molecule has 0 aliphatic carbocycles. The van der Waals surface area contributed by atoms with Gasteiger partial charge in [-0.05, 0) is 31.2 Å². The SMILES string of the molecule is Cc1ccc(C(=O)c2ccc(C(F)(F)F)cc2)o1. The lowest BCUT2D eigenvalue weighted by molar-refractivity contribution is -0.137. The van der Waals surface area contributed by atoms with Crippen molar-refractivity contribution >= 4 is 5.78 Å². The maximum Gasteiger partial charge on any atom is 0.416 e. The van der Waals surface area contributed by atoms with Crippen molar-refractivity contribution in [3.63, 3.8) is 0 Å². The van der Waals surface area contributed by atoms with E-state index in [0.717, 1.165) is 24.3 Å². The largest absolute Gasteiger partial charge is 0.458 e. The molecule has 0 spiro atoms. The Balaban J connectivity index is 2.28. The Labute approximate surface area is 101 Å². The molecule has 0 radical (unpaired) electrons. The summed E-state index contributed by atoms with van der Waals surface area (Å²) in [5.74, 6) is 0.259. The lowest BCUT2D eigenvalue weighted by Gasteiger charge is -2.06. The van der Waals surface area contributed by atoms with Crippen molar-refractivity contribution in [1.82, 2.24) is 0 Å². The van der Waals surface area contributed by atoms with E-state index in [4.69, 9.17) is 4.42 Å². The number of hydrogen-bond donors (Lipinski definition) is 0. The first kappa shape index (κ1) is 12.4. The molecule has 2 rings (SSSR count). The summed E-state index contributed by atoms with van der Waals surface area (Å²) >= 11 is 0. The molecule has 0 unspecified atom stereocenters. The fourth-order valence-corrected chi connectivity index (χ4v) is 1.51. The molecule has 0 saturated carbocycles. The predicted molar refractivity (Wildman–Crippen MR) is 58.3 cm³/mol. The Morgan fingerprint density at radius 1 is 1.06 bits per heavy atom. The smallest absolute Gasteiger partial charge is 0.416 e. The third-order valence-electron chi connectivity index (χ3n) is 2.44. The number of hydrogen-bond acceptors (Lipinski definition) is 2. The second kappa shape index (κ2) is 4.33. The van der Waals surface area contributed by atoms with E-state index in [0.29, 0.717) is 5.76 Å². The Morgan fingerprint density at radius 3 is 2.11 bits per heavy atom. The van der Waals surface area contributed by atoms with Gasteiger partial charge in [0.15, 0.2) is 5.76 Å². The van der Waals surface area contributed by atoms with Gasteiger partial charge in [0.2, 0.25) is 5.78 Å². The quantitative estimate of drug-likeness (QED) is 0.762. The van der Waals surface area contributed by atoms with Crippen molar-refractivity contribution in [3.05, 3.63) is 59.0 Å². The normalized spacial score (nSPS) is 11.6. The number of benzene rings is 1. The first-order chi connectivity index (χ1) is 8.38. The lowest BCUT2D eigenvalue weighted by atomic mass is 10.1. The van der Waals surface area contributed by atoms with E-state index in [9.17, 15) is 18.0 Å². The van der Waals surface area contributed by atoms with Gasteiger partial charge in [-0.3, -0.25) is 4.79 Å². The number of aryl methyl sites for hydroxylation is 1. The molecular formula is C13H9F3O2. The van der Waals surface area contributed by atoms with Crippen LogP contribution >= 0.6 is 0 Å². The van der Waals surface area contributed by atoms with Crippen molar-refractivity contribution in [2.75, 3.05) is 0 Å². The lowest BCUT2D eigenvalue weighted by Crippen LogP contribution is -2.06. The van der Waals surface area contributed by atoms with Crippen molar-refractivity contribution in [2.24, 2.45) is 0 Å². The third kappa shape index (κ3) is 2.45. The summed E-state index contributed by atoms with van der Waals surface area (Å²) in [7, 11) is 0. The van der Waals surface area contributed by atoms with Gasteiger partial charge >= 0.3 is 6.18 Å². The molecule has 0 aliphatic rings. The molecule has 0 saturated heterocycles. The Bertz CT molecular complexity index is 565. The van der Waals surface area contributed by atoms with Gasteiger partial charge in [-0.15, -0.1) is 0 Å². The highest BCUT2D eigenvalue weighted by molar-refractivity contribution is 6.07. The Hall–Kier alpha value is -2.04. The number of ketones is 1. The minimum atomic E-state index is -4.40. The number of rotatable bonds is 2. The van der Waals surface area contributed by atoms with Gasteiger partial charge in [-0.2, -0.15) is 13.2 Å². The number of carbonyl (C=O) groups excluding carboxylic acids is 1. The zero-order valence-corrected chi connectivity index (χ0v) is 9.41. The number of furan rings is 1. The fraction of sp³-hybridized carbons (Fsp3) is 0.154. The number of halogens is 3. The molecule has 2 aromatic rings. The summed E-state index contributed by atoms with van der Waals surface area (Å²) in [6, 6.07) is 7.16.